The standard InChI is InChI=1S/C19H17N5OS/c1-14-11-17(23-25-14)13-26-19-22-21-18(16-7-9-20-10-8-16)24(19)12-15-5-3-2-4-6-15/h2-11H,12-13H2,1H3. The number of pyridine rings is 1. The van der Waals surface area contributed by atoms with E-state index < -0.39 is 0 Å². The fourth-order valence-electron chi connectivity index (χ4n) is 2.64. The van der Waals surface area contributed by atoms with Crippen molar-refractivity contribution in [3.05, 3.63) is 77.9 Å². The lowest BCUT2D eigenvalue weighted by Crippen LogP contribution is -2.04. The Kier molecular flexibility index (Phi) is 4.79. The maximum absolute atomic E-state index is 5.14. The van der Waals surface area contributed by atoms with Gasteiger partial charge in [-0.15, -0.1) is 10.2 Å². The molecule has 0 amide bonds. The molecule has 0 aliphatic rings. The van der Waals surface area contributed by atoms with Gasteiger partial charge >= 0.3 is 0 Å². The van der Waals surface area contributed by atoms with Gasteiger partial charge < -0.3 is 4.52 Å². The second-order valence-electron chi connectivity index (χ2n) is 5.83. The van der Waals surface area contributed by atoms with Crippen molar-refractivity contribution in [2.75, 3.05) is 0 Å². The quantitative estimate of drug-likeness (QED) is 0.483. The zero-order valence-electron chi connectivity index (χ0n) is 14.2. The molecule has 1 aromatic carbocycles. The molecule has 0 aliphatic heterocycles. The van der Waals surface area contributed by atoms with Crippen LogP contribution in [0.25, 0.3) is 11.4 Å². The minimum atomic E-state index is 0.681. The predicted octanol–water partition coefficient (Wildman–Crippen LogP) is 3.98. The van der Waals surface area contributed by atoms with Crippen LogP contribution in [0, 0.1) is 6.92 Å². The van der Waals surface area contributed by atoms with E-state index in [-0.39, 0.29) is 0 Å². The highest BCUT2D eigenvalue weighted by Gasteiger charge is 2.15. The van der Waals surface area contributed by atoms with Crippen molar-refractivity contribution >= 4 is 11.8 Å². The van der Waals surface area contributed by atoms with Crippen LogP contribution in [0.3, 0.4) is 0 Å². The lowest BCUT2D eigenvalue weighted by molar-refractivity contribution is 0.393. The Bertz CT molecular complexity index is 982. The molecule has 0 fully saturated rings. The molecule has 7 heteroatoms. The van der Waals surface area contributed by atoms with Crippen LogP contribution >= 0.6 is 11.8 Å². The maximum Gasteiger partial charge on any atom is 0.192 e. The number of aryl methyl sites for hydroxylation is 1. The highest BCUT2D eigenvalue weighted by Crippen LogP contribution is 2.27. The molecule has 130 valence electrons. The topological polar surface area (TPSA) is 69.6 Å². The Hall–Kier alpha value is -2.93. The van der Waals surface area contributed by atoms with E-state index in [4.69, 9.17) is 4.52 Å². The van der Waals surface area contributed by atoms with E-state index in [9.17, 15) is 0 Å². The van der Waals surface area contributed by atoms with Crippen molar-refractivity contribution in [1.29, 1.82) is 0 Å². The average Bonchev–Trinajstić information content (AvgIpc) is 3.28. The Morgan fingerprint density at radius 3 is 2.58 bits per heavy atom. The van der Waals surface area contributed by atoms with Gasteiger partial charge in [-0.2, -0.15) is 0 Å². The highest BCUT2D eigenvalue weighted by atomic mass is 32.2. The van der Waals surface area contributed by atoms with Gasteiger partial charge in [0.1, 0.15) is 5.76 Å². The number of hydrogen-bond donors (Lipinski definition) is 0. The van der Waals surface area contributed by atoms with E-state index >= 15 is 0 Å². The van der Waals surface area contributed by atoms with Gasteiger partial charge in [0.2, 0.25) is 0 Å². The molecule has 26 heavy (non-hydrogen) atoms. The molecule has 0 aliphatic carbocycles. The second kappa shape index (κ2) is 7.53. The fraction of sp³-hybridized carbons (Fsp3) is 0.158. The lowest BCUT2D eigenvalue weighted by atomic mass is 10.2. The molecule has 0 spiro atoms. The van der Waals surface area contributed by atoms with E-state index in [1.807, 2.05) is 43.3 Å². The van der Waals surface area contributed by atoms with Gasteiger partial charge in [0.15, 0.2) is 11.0 Å². The summed E-state index contributed by atoms with van der Waals surface area (Å²) in [5.74, 6) is 2.32. The summed E-state index contributed by atoms with van der Waals surface area (Å²) in [6.07, 6.45) is 3.53. The van der Waals surface area contributed by atoms with Crippen LogP contribution in [0.5, 0.6) is 0 Å². The van der Waals surface area contributed by atoms with Gasteiger partial charge in [0.25, 0.3) is 0 Å². The first-order valence-electron chi connectivity index (χ1n) is 8.22. The summed E-state index contributed by atoms with van der Waals surface area (Å²) >= 11 is 1.60. The molecule has 0 bridgehead atoms. The fourth-order valence-corrected chi connectivity index (χ4v) is 3.46. The van der Waals surface area contributed by atoms with Gasteiger partial charge in [0, 0.05) is 29.8 Å². The molecule has 0 unspecified atom stereocenters. The minimum absolute atomic E-state index is 0.681. The Balaban J connectivity index is 1.65. The molecular weight excluding hydrogens is 346 g/mol. The predicted molar refractivity (Wildman–Crippen MR) is 99.6 cm³/mol. The summed E-state index contributed by atoms with van der Waals surface area (Å²) in [7, 11) is 0. The summed E-state index contributed by atoms with van der Waals surface area (Å²) in [6.45, 7) is 2.59. The number of rotatable bonds is 6. The van der Waals surface area contributed by atoms with Crippen molar-refractivity contribution in [2.45, 2.75) is 24.4 Å². The first-order chi connectivity index (χ1) is 12.8. The second-order valence-corrected chi connectivity index (χ2v) is 6.77. The summed E-state index contributed by atoms with van der Waals surface area (Å²) in [5, 5.41) is 13.7. The first-order valence-corrected chi connectivity index (χ1v) is 9.20. The molecule has 4 aromatic rings. The zero-order valence-corrected chi connectivity index (χ0v) is 15.1. The Morgan fingerprint density at radius 2 is 1.85 bits per heavy atom. The van der Waals surface area contributed by atoms with Crippen LogP contribution in [-0.4, -0.2) is 24.9 Å². The molecule has 3 aromatic heterocycles. The molecule has 0 N–H and O–H groups in total. The summed E-state index contributed by atoms with van der Waals surface area (Å²) in [4.78, 5) is 4.09. The minimum Gasteiger partial charge on any atom is -0.361 e. The van der Waals surface area contributed by atoms with E-state index in [0.29, 0.717) is 12.3 Å². The average molecular weight is 363 g/mol. The normalized spacial score (nSPS) is 11.0. The SMILES string of the molecule is Cc1cc(CSc2nnc(-c3ccncc3)n2Cc2ccccc2)no1. The Labute approximate surface area is 155 Å². The zero-order chi connectivity index (χ0) is 17.8. The first kappa shape index (κ1) is 16.5. The van der Waals surface area contributed by atoms with Gasteiger partial charge in [0.05, 0.1) is 12.2 Å². The lowest BCUT2D eigenvalue weighted by Gasteiger charge is -2.10. The Morgan fingerprint density at radius 1 is 1.04 bits per heavy atom. The molecule has 0 radical (unpaired) electrons. The van der Waals surface area contributed by atoms with Crippen LogP contribution in [0.15, 0.2) is 70.6 Å². The number of thioether (sulfide) groups is 1. The largest absolute Gasteiger partial charge is 0.361 e. The van der Waals surface area contributed by atoms with Gasteiger partial charge in [-0.25, -0.2) is 0 Å². The third-order valence-electron chi connectivity index (χ3n) is 3.86. The van der Waals surface area contributed by atoms with Crippen molar-refractivity contribution in [3.63, 3.8) is 0 Å². The molecular formula is C19H17N5OS. The summed E-state index contributed by atoms with van der Waals surface area (Å²) in [6, 6.07) is 16.1. The van der Waals surface area contributed by atoms with Crippen molar-refractivity contribution < 1.29 is 4.52 Å². The van der Waals surface area contributed by atoms with Gasteiger partial charge in [-0.3, -0.25) is 9.55 Å². The van der Waals surface area contributed by atoms with Crippen LogP contribution in [0.2, 0.25) is 0 Å². The number of aromatic nitrogens is 5. The maximum atomic E-state index is 5.14. The van der Waals surface area contributed by atoms with E-state index in [2.05, 4.69) is 37.0 Å². The van der Waals surface area contributed by atoms with E-state index in [0.717, 1.165) is 28.0 Å². The number of benzene rings is 1. The van der Waals surface area contributed by atoms with Crippen molar-refractivity contribution in [2.24, 2.45) is 0 Å². The molecule has 0 saturated carbocycles. The molecule has 6 nitrogen and oxygen atoms in total. The van der Waals surface area contributed by atoms with Crippen molar-refractivity contribution in [3.8, 4) is 11.4 Å². The van der Waals surface area contributed by atoms with Crippen LogP contribution in [-0.2, 0) is 12.3 Å². The molecule has 0 saturated heterocycles. The van der Waals surface area contributed by atoms with E-state index in [1.54, 1.807) is 24.2 Å². The highest BCUT2D eigenvalue weighted by molar-refractivity contribution is 7.98. The smallest absolute Gasteiger partial charge is 0.192 e. The van der Waals surface area contributed by atoms with Gasteiger partial charge in [-0.1, -0.05) is 47.3 Å². The monoisotopic (exact) mass is 363 g/mol. The van der Waals surface area contributed by atoms with Crippen molar-refractivity contribution in [1.82, 2.24) is 24.9 Å². The van der Waals surface area contributed by atoms with Crippen LogP contribution in [0.4, 0.5) is 0 Å². The number of nitrogens with zero attached hydrogens (tertiary/aromatic N) is 5. The van der Waals surface area contributed by atoms with Gasteiger partial charge in [-0.05, 0) is 24.6 Å². The molecule has 3 heterocycles. The summed E-state index contributed by atoms with van der Waals surface area (Å²) in [5.41, 5.74) is 3.08. The van der Waals surface area contributed by atoms with Crippen LogP contribution < -0.4 is 0 Å². The third-order valence-corrected chi connectivity index (χ3v) is 4.87. The van der Waals surface area contributed by atoms with Crippen LogP contribution in [0.1, 0.15) is 17.0 Å². The molecule has 4 rings (SSSR count). The molecule has 0 atom stereocenters. The summed E-state index contributed by atoms with van der Waals surface area (Å²) < 4.78 is 7.27. The number of hydrogen-bond acceptors (Lipinski definition) is 6. The third kappa shape index (κ3) is 3.67. The van der Waals surface area contributed by atoms with E-state index in [1.165, 1.54) is 5.56 Å².